The molecule has 2 amide bonds. The molecule has 2 N–H and O–H groups in total. The molecule has 32 heavy (non-hydrogen) atoms. The monoisotopic (exact) mass is 463 g/mol. The van der Waals surface area contributed by atoms with Gasteiger partial charge in [-0.05, 0) is 71.6 Å². The largest absolute Gasteiger partial charge is 0.447 e. The smallest absolute Gasteiger partial charge is 0.411 e. The van der Waals surface area contributed by atoms with E-state index >= 15 is 0 Å². The average Bonchev–Trinajstić information content (AvgIpc) is 3.17. The first-order valence-electron chi connectivity index (χ1n) is 10.9. The number of carbonyl (C=O) groups is 2. The maximum atomic E-state index is 14.7. The van der Waals surface area contributed by atoms with Gasteiger partial charge in [0.1, 0.15) is 5.82 Å². The molecule has 1 aliphatic rings. The van der Waals surface area contributed by atoms with Gasteiger partial charge in [0.25, 0.3) is 0 Å². The Morgan fingerprint density at radius 3 is 2.34 bits per heavy atom. The Bertz CT molecular complexity index is 939. The second-order valence-electron chi connectivity index (χ2n) is 8.48. The number of thiazole rings is 1. The molecule has 1 aliphatic carbocycles. The summed E-state index contributed by atoms with van der Waals surface area (Å²) in [5.74, 6) is -0.137. The molecule has 3 rings (SSSR count). The van der Waals surface area contributed by atoms with Crippen LogP contribution in [0.25, 0.3) is 10.4 Å². The number of hydrogen-bond donors (Lipinski definition) is 2. The predicted molar refractivity (Wildman–Crippen MR) is 122 cm³/mol. The van der Waals surface area contributed by atoms with Crippen molar-refractivity contribution in [2.45, 2.75) is 77.5 Å². The van der Waals surface area contributed by atoms with E-state index in [4.69, 9.17) is 9.47 Å². The van der Waals surface area contributed by atoms with Crippen LogP contribution in [0.15, 0.2) is 24.4 Å². The number of rotatable bonds is 6. The van der Waals surface area contributed by atoms with Gasteiger partial charge in [0, 0.05) is 29.4 Å². The molecule has 1 aromatic carbocycles. The van der Waals surface area contributed by atoms with E-state index in [-0.39, 0.29) is 24.3 Å². The maximum Gasteiger partial charge on any atom is 0.411 e. The number of halogens is 1. The lowest BCUT2D eigenvalue weighted by Crippen LogP contribution is -2.38. The summed E-state index contributed by atoms with van der Waals surface area (Å²) in [7, 11) is 0. The van der Waals surface area contributed by atoms with Crippen LogP contribution in [0.2, 0.25) is 0 Å². The molecule has 0 bridgehead atoms. The summed E-state index contributed by atoms with van der Waals surface area (Å²) in [6, 6.07) is 4.67. The van der Waals surface area contributed by atoms with E-state index in [0.717, 1.165) is 35.6 Å². The molecule has 0 spiro atoms. The maximum absolute atomic E-state index is 14.7. The molecule has 0 radical (unpaired) electrons. The predicted octanol–water partition coefficient (Wildman–Crippen LogP) is 6.07. The van der Waals surface area contributed by atoms with E-state index in [9.17, 15) is 14.0 Å². The molecule has 0 saturated heterocycles. The van der Waals surface area contributed by atoms with Crippen molar-refractivity contribution in [3.63, 3.8) is 0 Å². The zero-order valence-electron chi connectivity index (χ0n) is 18.8. The first kappa shape index (κ1) is 24.0. The molecule has 1 aromatic heterocycles. The first-order chi connectivity index (χ1) is 15.2. The number of aromatic nitrogens is 1. The molecule has 1 heterocycles. The summed E-state index contributed by atoms with van der Waals surface area (Å²) in [4.78, 5) is 28.8. The Morgan fingerprint density at radius 1 is 1.06 bits per heavy atom. The molecule has 174 valence electrons. The van der Waals surface area contributed by atoms with Crippen LogP contribution in [0.1, 0.15) is 64.3 Å². The minimum absolute atomic E-state index is 0.108. The van der Waals surface area contributed by atoms with Crippen LogP contribution in [0, 0.1) is 5.82 Å². The number of alkyl carbamates (subject to hydrolysis) is 1. The van der Waals surface area contributed by atoms with Gasteiger partial charge in [0.15, 0.2) is 0 Å². The van der Waals surface area contributed by atoms with E-state index in [0.29, 0.717) is 17.2 Å². The highest BCUT2D eigenvalue weighted by Gasteiger charge is 2.26. The fraction of sp³-hybridized carbons (Fsp3) is 0.522. The van der Waals surface area contributed by atoms with Gasteiger partial charge in [0.2, 0.25) is 0 Å². The summed E-state index contributed by atoms with van der Waals surface area (Å²) in [5, 5.41) is 6.43. The van der Waals surface area contributed by atoms with Crippen LogP contribution in [0.3, 0.4) is 0 Å². The number of nitrogens with zero attached hydrogens (tertiary/aromatic N) is 1. The van der Waals surface area contributed by atoms with Crippen molar-refractivity contribution in [3.8, 4) is 10.4 Å². The first-order valence-corrected chi connectivity index (χ1v) is 11.7. The van der Waals surface area contributed by atoms with Crippen LogP contribution < -0.4 is 10.6 Å². The van der Waals surface area contributed by atoms with E-state index in [1.807, 2.05) is 13.8 Å². The Balaban J connectivity index is 1.58. The van der Waals surface area contributed by atoms with E-state index in [1.165, 1.54) is 17.4 Å². The van der Waals surface area contributed by atoms with E-state index in [2.05, 4.69) is 15.6 Å². The molecule has 2 aromatic rings. The molecule has 0 aliphatic heterocycles. The van der Waals surface area contributed by atoms with Crippen molar-refractivity contribution >= 4 is 29.2 Å². The average molecular weight is 464 g/mol. The molecule has 0 atom stereocenters. The quantitative estimate of drug-likeness (QED) is 0.543. The third-order valence-corrected chi connectivity index (χ3v) is 6.28. The molecule has 1 saturated carbocycles. The van der Waals surface area contributed by atoms with E-state index in [1.54, 1.807) is 32.2 Å². The molecular weight excluding hydrogens is 433 g/mol. The lowest BCUT2D eigenvalue weighted by atomic mass is 9.86. The minimum atomic E-state index is -0.616. The highest BCUT2D eigenvalue weighted by Crippen LogP contribution is 2.38. The number of ether oxygens (including phenoxy) is 2. The van der Waals surface area contributed by atoms with Crippen LogP contribution in [-0.4, -0.2) is 35.4 Å². The summed E-state index contributed by atoms with van der Waals surface area (Å²) in [5.41, 5.74) is 0.784. The van der Waals surface area contributed by atoms with E-state index < -0.39 is 11.9 Å². The van der Waals surface area contributed by atoms with Crippen LogP contribution in [0.5, 0.6) is 0 Å². The molecule has 7 nitrogen and oxygen atoms in total. The summed E-state index contributed by atoms with van der Waals surface area (Å²) in [6.45, 7) is 7.14. The normalized spacial score (nSPS) is 18.5. The van der Waals surface area contributed by atoms with Gasteiger partial charge in [-0.1, -0.05) is 0 Å². The summed E-state index contributed by atoms with van der Waals surface area (Å²) in [6.07, 6.45) is 3.84. The second kappa shape index (κ2) is 10.8. The van der Waals surface area contributed by atoms with Crippen LogP contribution in [0.4, 0.5) is 19.7 Å². The molecule has 1 fully saturated rings. The third-order valence-electron chi connectivity index (χ3n) is 5.09. The number of nitrogens with one attached hydrogen (secondary N) is 2. The molecular formula is C23H30FN3O4S. The van der Waals surface area contributed by atoms with Crippen LogP contribution >= 0.6 is 11.3 Å². The number of benzene rings is 1. The zero-order chi connectivity index (χ0) is 23.3. The fourth-order valence-electron chi connectivity index (χ4n) is 3.65. The lowest BCUT2D eigenvalue weighted by molar-refractivity contribution is 0.109. The topological polar surface area (TPSA) is 89.5 Å². The van der Waals surface area contributed by atoms with Crippen LogP contribution in [-0.2, 0) is 9.47 Å². The standard InChI is InChI=1S/C23H30FN3O4S/c1-13(2)30-22(28)26-16-7-5-15(6-8-16)21-25-12-20(32-21)18-10-9-17(11-19(18)24)27-23(29)31-14(3)4/h9-16H,5-8H2,1-4H3,(H,26,28)(H,27,29)/t15-,16-. The Morgan fingerprint density at radius 2 is 1.72 bits per heavy atom. The summed E-state index contributed by atoms with van der Waals surface area (Å²) >= 11 is 1.48. The Hall–Kier alpha value is -2.68. The van der Waals surface area contributed by atoms with Crippen molar-refractivity contribution in [1.29, 1.82) is 0 Å². The molecule has 0 unspecified atom stereocenters. The third kappa shape index (κ3) is 6.66. The fourth-order valence-corrected chi connectivity index (χ4v) is 4.77. The SMILES string of the molecule is CC(C)OC(=O)Nc1ccc(-c2cnc([C@H]3CC[C@H](NC(=O)OC(C)C)CC3)s2)c(F)c1. The van der Waals surface area contributed by atoms with Gasteiger partial charge in [-0.25, -0.2) is 19.0 Å². The van der Waals surface area contributed by atoms with Gasteiger partial charge < -0.3 is 14.8 Å². The van der Waals surface area contributed by atoms with Gasteiger partial charge in [0.05, 0.1) is 22.1 Å². The number of anilines is 1. The molecule has 9 heteroatoms. The van der Waals surface area contributed by atoms with Crippen molar-refractivity contribution in [3.05, 3.63) is 35.2 Å². The number of carbonyl (C=O) groups excluding carboxylic acids is 2. The van der Waals surface area contributed by atoms with Crippen molar-refractivity contribution < 1.29 is 23.5 Å². The van der Waals surface area contributed by atoms with Gasteiger partial charge in [-0.3, -0.25) is 5.32 Å². The lowest BCUT2D eigenvalue weighted by Gasteiger charge is -2.28. The van der Waals surface area contributed by atoms with Crippen molar-refractivity contribution in [2.75, 3.05) is 5.32 Å². The van der Waals surface area contributed by atoms with Crippen molar-refractivity contribution in [1.82, 2.24) is 10.3 Å². The number of hydrogen-bond acceptors (Lipinski definition) is 6. The minimum Gasteiger partial charge on any atom is -0.447 e. The van der Waals surface area contributed by atoms with Gasteiger partial charge >= 0.3 is 12.2 Å². The van der Waals surface area contributed by atoms with Crippen molar-refractivity contribution in [2.24, 2.45) is 0 Å². The number of amides is 2. The Labute approximate surface area is 191 Å². The second-order valence-corrected chi connectivity index (χ2v) is 9.55. The Kier molecular flexibility index (Phi) is 8.06. The van der Waals surface area contributed by atoms with Gasteiger partial charge in [-0.15, -0.1) is 11.3 Å². The zero-order valence-corrected chi connectivity index (χ0v) is 19.6. The highest BCUT2D eigenvalue weighted by molar-refractivity contribution is 7.15. The summed E-state index contributed by atoms with van der Waals surface area (Å²) < 4.78 is 24.9. The highest BCUT2D eigenvalue weighted by atomic mass is 32.1. The van der Waals surface area contributed by atoms with Gasteiger partial charge in [-0.2, -0.15) is 0 Å².